The molecule has 2 saturated heterocycles. The van der Waals surface area contributed by atoms with Crippen molar-refractivity contribution in [3.8, 4) is 0 Å². The van der Waals surface area contributed by atoms with Gasteiger partial charge in [0, 0.05) is 51.5 Å². The molecule has 1 amide bonds. The minimum absolute atomic E-state index is 0.0425. The van der Waals surface area contributed by atoms with Gasteiger partial charge in [-0.25, -0.2) is 4.79 Å². The van der Waals surface area contributed by atoms with E-state index in [1.807, 2.05) is 20.9 Å². The average Bonchev–Trinajstić information content (AvgIpc) is 3.75. The van der Waals surface area contributed by atoms with Crippen molar-refractivity contribution in [2.24, 2.45) is 11.8 Å². The molecule has 11 nitrogen and oxygen atoms in total. The lowest BCUT2D eigenvalue weighted by atomic mass is 9.91. The summed E-state index contributed by atoms with van der Waals surface area (Å²) in [6.07, 6.45) is 8.82. The molecule has 2 fully saturated rings. The number of allylic oxidation sites excluding steroid dienone is 2. The van der Waals surface area contributed by atoms with Crippen LogP contribution < -0.4 is 0 Å². The largest absolute Gasteiger partial charge is 0.457 e. The van der Waals surface area contributed by atoms with E-state index >= 15 is 0 Å². The molecule has 10 atom stereocenters. The van der Waals surface area contributed by atoms with Crippen LogP contribution in [0, 0.1) is 11.8 Å². The number of ether oxygens (including phenoxy) is 4. The fourth-order valence-electron chi connectivity index (χ4n) is 6.07. The SMILES string of the molecule is CCC(OC)C(C)C1OC1CC(C)(O)/C=C/C=C(\C)C1OC(=O)CC(O)/C=C/C(C)(O)C(OC(=O)N2CCN(C)CC2)/C=C/C1C. The van der Waals surface area contributed by atoms with Crippen LogP contribution in [-0.2, 0) is 23.7 Å². The van der Waals surface area contributed by atoms with Gasteiger partial charge in [-0.15, -0.1) is 0 Å². The number of carbonyl (C=O) groups excluding carboxylic acids is 2. The van der Waals surface area contributed by atoms with E-state index < -0.39 is 41.6 Å². The molecule has 0 saturated carbocycles. The number of hydrogen-bond donors (Lipinski definition) is 3. The number of aliphatic hydroxyl groups is 3. The first-order chi connectivity index (χ1) is 21.6. The summed E-state index contributed by atoms with van der Waals surface area (Å²) in [5.41, 5.74) is -2.07. The molecule has 11 heteroatoms. The van der Waals surface area contributed by atoms with Crippen molar-refractivity contribution < 1.29 is 43.9 Å². The Bertz CT molecular complexity index is 1130. The summed E-state index contributed by atoms with van der Waals surface area (Å²) < 4.78 is 23.0. The quantitative estimate of drug-likeness (QED) is 0.140. The summed E-state index contributed by atoms with van der Waals surface area (Å²) in [5, 5.41) is 32.8. The third-order valence-corrected chi connectivity index (χ3v) is 9.23. The van der Waals surface area contributed by atoms with Crippen molar-refractivity contribution in [3.05, 3.63) is 48.1 Å². The van der Waals surface area contributed by atoms with Crippen LogP contribution in [0.15, 0.2) is 48.1 Å². The maximum Gasteiger partial charge on any atom is 0.410 e. The molecule has 3 N–H and O–H groups in total. The Hall–Kier alpha value is -2.54. The van der Waals surface area contributed by atoms with Crippen LogP contribution in [0.3, 0.4) is 0 Å². The van der Waals surface area contributed by atoms with E-state index in [0.717, 1.165) is 19.5 Å². The summed E-state index contributed by atoms with van der Waals surface area (Å²) in [5.74, 6) is -0.763. The van der Waals surface area contributed by atoms with Crippen LogP contribution in [0.25, 0.3) is 0 Å². The fraction of sp³-hybridized carbons (Fsp3) is 0.714. The highest BCUT2D eigenvalue weighted by Crippen LogP contribution is 2.38. The van der Waals surface area contributed by atoms with Gasteiger partial charge >= 0.3 is 12.1 Å². The standard InChI is InChI=1S/C35H56N2O9/c1-9-27(43-8)25(4)32-28(44-32)22-34(5,41)15-10-11-23(2)31-24(3)12-13-29(45-33(40)37-19-17-36(7)18-20-37)35(6,42)16-14-26(38)21-30(39)46-31/h10-16,24-29,31-32,38,41-42H,9,17-22H2,1-8H3/b13-12+,15-10+,16-14+,23-11+. The molecule has 0 aliphatic carbocycles. The van der Waals surface area contributed by atoms with E-state index in [4.69, 9.17) is 18.9 Å². The van der Waals surface area contributed by atoms with Crippen molar-refractivity contribution in [1.29, 1.82) is 0 Å². The van der Waals surface area contributed by atoms with Crippen LogP contribution in [0.5, 0.6) is 0 Å². The number of cyclic esters (lactones) is 1. The van der Waals surface area contributed by atoms with E-state index in [1.165, 1.54) is 19.1 Å². The topological polar surface area (TPSA) is 142 Å². The number of methoxy groups -OCH3 is 1. The summed E-state index contributed by atoms with van der Waals surface area (Å²) in [4.78, 5) is 29.5. The number of esters is 1. The molecule has 3 aliphatic rings. The molecule has 0 radical (unpaired) electrons. The van der Waals surface area contributed by atoms with E-state index in [1.54, 1.807) is 49.3 Å². The second-order valence-corrected chi connectivity index (χ2v) is 13.6. The molecule has 0 aromatic carbocycles. The Kier molecular flexibility index (Phi) is 13.6. The molecule has 3 heterocycles. The predicted octanol–water partition coefficient (Wildman–Crippen LogP) is 3.39. The van der Waals surface area contributed by atoms with Crippen molar-refractivity contribution >= 4 is 12.1 Å². The lowest BCUT2D eigenvalue weighted by Crippen LogP contribution is -2.50. The number of rotatable bonds is 10. The number of epoxide rings is 1. The Morgan fingerprint density at radius 2 is 1.91 bits per heavy atom. The van der Waals surface area contributed by atoms with Gasteiger partial charge in [-0.3, -0.25) is 4.79 Å². The Balaban J connectivity index is 1.74. The Morgan fingerprint density at radius 1 is 1.24 bits per heavy atom. The van der Waals surface area contributed by atoms with Crippen molar-refractivity contribution in [3.63, 3.8) is 0 Å². The van der Waals surface area contributed by atoms with Gasteiger partial charge in [-0.2, -0.15) is 0 Å². The minimum Gasteiger partial charge on any atom is -0.457 e. The molecule has 0 aromatic heterocycles. The highest BCUT2D eigenvalue weighted by molar-refractivity contribution is 5.71. The third kappa shape index (κ3) is 11.0. The summed E-state index contributed by atoms with van der Waals surface area (Å²) in [7, 11) is 3.69. The van der Waals surface area contributed by atoms with Gasteiger partial charge in [0.1, 0.15) is 11.7 Å². The number of aliphatic hydroxyl groups excluding tert-OH is 1. The monoisotopic (exact) mass is 648 g/mol. The number of hydrogen-bond acceptors (Lipinski definition) is 10. The first kappa shape index (κ1) is 37.9. The number of nitrogens with zero attached hydrogens (tertiary/aromatic N) is 2. The normalized spacial score (nSPS) is 35.7. The number of piperazine rings is 1. The van der Waals surface area contributed by atoms with Crippen LogP contribution in [0.4, 0.5) is 4.79 Å². The molecule has 260 valence electrons. The van der Waals surface area contributed by atoms with Gasteiger partial charge in [0.25, 0.3) is 0 Å². The molecular weight excluding hydrogens is 592 g/mol. The summed E-state index contributed by atoms with van der Waals surface area (Å²) in [6, 6.07) is 0. The molecule has 46 heavy (non-hydrogen) atoms. The smallest absolute Gasteiger partial charge is 0.410 e. The second-order valence-electron chi connectivity index (χ2n) is 13.6. The van der Waals surface area contributed by atoms with E-state index in [9.17, 15) is 24.9 Å². The Labute approximate surface area is 274 Å². The molecule has 10 unspecified atom stereocenters. The van der Waals surface area contributed by atoms with Crippen molar-refractivity contribution in [2.75, 3.05) is 40.3 Å². The first-order valence-corrected chi connectivity index (χ1v) is 16.4. The molecule has 0 bridgehead atoms. The highest BCUT2D eigenvalue weighted by atomic mass is 16.6. The Morgan fingerprint density at radius 3 is 2.54 bits per heavy atom. The lowest BCUT2D eigenvalue weighted by molar-refractivity contribution is -0.150. The maximum absolute atomic E-state index is 13.0. The van der Waals surface area contributed by atoms with Gasteiger partial charge in [0.05, 0.1) is 36.4 Å². The van der Waals surface area contributed by atoms with Crippen molar-refractivity contribution in [1.82, 2.24) is 9.80 Å². The van der Waals surface area contributed by atoms with Gasteiger partial charge in [-0.05, 0) is 45.9 Å². The molecule has 3 rings (SSSR count). The zero-order valence-electron chi connectivity index (χ0n) is 28.8. The molecule has 3 aliphatic heterocycles. The van der Waals surface area contributed by atoms with Gasteiger partial charge in [0.2, 0.25) is 0 Å². The maximum atomic E-state index is 13.0. The third-order valence-electron chi connectivity index (χ3n) is 9.23. The number of likely N-dealkylation sites (N-methyl/N-ethyl adjacent to an activating group) is 1. The second kappa shape index (κ2) is 16.5. The molecule has 0 aromatic rings. The van der Waals surface area contributed by atoms with Crippen molar-refractivity contribution in [2.45, 2.75) is 109 Å². The summed E-state index contributed by atoms with van der Waals surface area (Å²) >= 11 is 0. The van der Waals surface area contributed by atoms with E-state index in [2.05, 4.69) is 18.7 Å². The average molecular weight is 649 g/mol. The van der Waals surface area contributed by atoms with Crippen LogP contribution in [-0.4, -0.2) is 125 Å². The lowest BCUT2D eigenvalue weighted by Gasteiger charge is -2.35. The molecule has 0 spiro atoms. The van der Waals surface area contributed by atoms with Gasteiger partial charge in [-0.1, -0.05) is 57.2 Å². The summed E-state index contributed by atoms with van der Waals surface area (Å²) in [6.45, 7) is 13.6. The van der Waals surface area contributed by atoms with Gasteiger partial charge < -0.3 is 44.1 Å². The first-order valence-electron chi connectivity index (χ1n) is 16.4. The van der Waals surface area contributed by atoms with E-state index in [0.29, 0.717) is 25.1 Å². The fourth-order valence-corrected chi connectivity index (χ4v) is 6.07. The van der Waals surface area contributed by atoms with Crippen LogP contribution in [0.2, 0.25) is 0 Å². The molecular formula is C35H56N2O9. The van der Waals surface area contributed by atoms with E-state index in [-0.39, 0.29) is 36.6 Å². The van der Waals surface area contributed by atoms with Gasteiger partial charge in [0.15, 0.2) is 6.10 Å². The highest BCUT2D eigenvalue weighted by Gasteiger charge is 2.47. The zero-order chi connectivity index (χ0) is 34.2. The number of carbonyl (C=O) groups is 2. The predicted molar refractivity (Wildman–Crippen MR) is 175 cm³/mol. The minimum atomic E-state index is -1.65. The van der Waals surface area contributed by atoms with Crippen LogP contribution >= 0.6 is 0 Å². The zero-order valence-corrected chi connectivity index (χ0v) is 28.8. The number of amides is 1. The van der Waals surface area contributed by atoms with Crippen LogP contribution in [0.1, 0.15) is 60.8 Å².